The number of benzene rings is 1. The summed E-state index contributed by atoms with van der Waals surface area (Å²) in [5, 5.41) is 10.8. The summed E-state index contributed by atoms with van der Waals surface area (Å²) in [6.45, 7) is -0.237. The lowest BCUT2D eigenvalue weighted by Gasteiger charge is -2.05. The molecule has 0 aliphatic rings. The fourth-order valence-corrected chi connectivity index (χ4v) is 1.78. The molecule has 0 aromatic heterocycles. The summed E-state index contributed by atoms with van der Waals surface area (Å²) < 4.78 is 24.2. The van der Waals surface area contributed by atoms with E-state index >= 15 is 0 Å². The van der Waals surface area contributed by atoms with Gasteiger partial charge in [-0.15, -0.1) is 0 Å². The Morgan fingerprint density at radius 1 is 1.44 bits per heavy atom. The summed E-state index contributed by atoms with van der Waals surface area (Å²) in [7, 11) is -1.41. The van der Waals surface area contributed by atoms with E-state index in [-0.39, 0.29) is 23.8 Å². The molecule has 0 aliphatic heterocycles. The molecule has 0 heterocycles. The van der Waals surface area contributed by atoms with Crippen molar-refractivity contribution >= 4 is 22.4 Å². The van der Waals surface area contributed by atoms with Gasteiger partial charge in [-0.25, -0.2) is 4.39 Å². The number of carbonyl (C=O) groups is 1. The minimum absolute atomic E-state index is 0.0463. The average molecular weight is 245 g/mol. The molecule has 1 atom stereocenters. The van der Waals surface area contributed by atoms with Gasteiger partial charge in [-0.1, -0.05) is 12.1 Å². The van der Waals surface area contributed by atoms with Gasteiger partial charge in [0, 0.05) is 16.6 Å². The van der Waals surface area contributed by atoms with Crippen LogP contribution in [0.2, 0.25) is 0 Å². The van der Waals surface area contributed by atoms with Gasteiger partial charge in [0.1, 0.15) is 11.6 Å². The van der Waals surface area contributed by atoms with Crippen LogP contribution >= 0.6 is 0 Å². The number of hydrogen-bond donors (Lipinski definition) is 2. The molecular weight excluding hydrogens is 233 g/mol. The van der Waals surface area contributed by atoms with Crippen LogP contribution in [0.3, 0.4) is 0 Å². The number of halogens is 1. The monoisotopic (exact) mass is 245 g/mol. The minimum atomic E-state index is -1.41. The maximum atomic E-state index is 13.1. The highest BCUT2D eigenvalue weighted by Gasteiger charge is 2.09. The number of para-hydroxylation sites is 1. The van der Waals surface area contributed by atoms with Gasteiger partial charge in [0.2, 0.25) is 5.91 Å². The molecule has 16 heavy (non-hydrogen) atoms. The van der Waals surface area contributed by atoms with E-state index in [0.717, 1.165) is 0 Å². The summed E-state index contributed by atoms with van der Waals surface area (Å²) in [6.07, 6.45) is 0. The van der Waals surface area contributed by atoms with E-state index in [4.69, 9.17) is 5.11 Å². The van der Waals surface area contributed by atoms with Crippen molar-refractivity contribution in [2.75, 3.05) is 23.4 Å². The molecule has 0 spiro atoms. The van der Waals surface area contributed by atoms with Crippen molar-refractivity contribution in [1.29, 1.82) is 0 Å². The topological polar surface area (TPSA) is 66.4 Å². The Balaban J connectivity index is 2.52. The van der Waals surface area contributed by atoms with E-state index in [9.17, 15) is 13.4 Å². The lowest BCUT2D eigenvalue weighted by atomic mass is 10.3. The normalized spacial score (nSPS) is 12.1. The van der Waals surface area contributed by atoms with Crippen molar-refractivity contribution in [3.8, 4) is 0 Å². The first-order valence-corrected chi connectivity index (χ1v) is 6.12. The van der Waals surface area contributed by atoms with Crippen LogP contribution in [0, 0.1) is 5.82 Å². The molecule has 0 aliphatic carbocycles. The van der Waals surface area contributed by atoms with Gasteiger partial charge in [0.05, 0.1) is 12.3 Å². The van der Waals surface area contributed by atoms with E-state index in [1.807, 2.05) is 0 Å². The third kappa shape index (κ3) is 4.08. The maximum Gasteiger partial charge on any atom is 0.237 e. The van der Waals surface area contributed by atoms with Crippen molar-refractivity contribution in [2.45, 2.75) is 0 Å². The number of aliphatic hydroxyl groups excluding tert-OH is 1. The molecule has 1 aromatic carbocycles. The number of amides is 1. The SMILES string of the molecule is O=C(CS(=O)CCO)Nc1ccccc1F. The molecule has 0 saturated carbocycles. The average Bonchev–Trinajstić information content (AvgIpc) is 2.21. The molecule has 2 N–H and O–H groups in total. The third-order valence-electron chi connectivity index (χ3n) is 1.76. The molecule has 4 nitrogen and oxygen atoms in total. The predicted molar refractivity (Wildman–Crippen MR) is 60.0 cm³/mol. The maximum absolute atomic E-state index is 13.1. The van der Waals surface area contributed by atoms with Gasteiger partial charge in [0.25, 0.3) is 0 Å². The van der Waals surface area contributed by atoms with Crippen LogP contribution < -0.4 is 5.32 Å². The highest BCUT2D eigenvalue weighted by Crippen LogP contribution is 2.11. The van der Waals surface area contributed by atoms with Crippen LogP contribution in [-0.2, 0) is 15.6 Å². The fourth-order valence-electron chi connectivity index (χ4n) is 1.07. The third-order valence-corrected chi connectivity index (χ3v) is 2.98. The zero-order chi connectivity index (χ0) is 12.0. The Morgan fingerprint density at radius 3 is 2.75 bits per heavy atom. The molecule has 88 valence electrons. The smallest absolute Gasteiger partial charge is 0.237 e. The van der Waals surface area contributed by atoms with Gasteiger partial charge >= 0.3 is 0 Å². The number of anilines is 1. The highest BCUT2D eigenvalue weighted by atomic mass is 32.2. The first kappa shape index (κ1) is 12.8. The van der Waals surface area contributed by atoms with Gasteiger partial charge in [-0.3, -0.25) is 9.00 Å². The number of carbonyl (C=O) groups excluding carboxylic acids is 1. The van der Waals surface area contributed by atoms with E-state index in [1.165, 1.54) is 18.2 Å². The van der Waals surface area contributed by atoms with E-state index < -0.39 is 22.5 Å². The van der Waals surface area contributed by atoms with Gasteiger partial charge in [-0.05, 0) is 12.1 Å². The van der Waals surface area contributed by atoms with E-state index in [0.29, 0.717) is 0 Å². The largest absolute Gasteiger partial charge is 0.395 e. The lowest BCUT2D eigenvalue weighted by Crippen LogP contribution is -2.22. The number of hydrogen-bond acceptors (Lipinski definition) is 3. The zero-order valence-electron chi connectivity index (χ0n) is 8.48. The van der Waals surface area contributed by atoms with Crippen LogP contribution in [0.15, 0.2) is 24.3 Å². The molecule has 0 saturated heterocycles. The molecule has 0 radical (unpaired) electrons. The highest BCUT2D eigenvalue weighted by molar-refractivity contribution is 7.85. The molecular formula is C10H12FNO3S. The Bertz CT molecular complexity index is 397. The van der Waals surface area contributed by atoms with Crippen molar-refractivity contribution in [2.24, 2.45) is 0 Å². The lowest BCUT2D eigenvalue weighted by molar-refractivity contribution is -0.113. The molecule has 6 heteroatoms. The second-order valence-corrected chi connectivity index (χ2v) is 4.62. The molecule has 1 rings (SSSR count). The predicted octanol–water partition coefficient (Wildman–Crippen LogP) is 0.505. The van der Waals surface area contributed by atoms with Crippen LogP contribution in [0.1, 0.15) is 0 Å². The summed E-state index contributed by atoms with van der Waals surface area (Å²) >= 11 is 0. The second-order valence-electron chi connectivity index (χ2n) is 3.04. The molecule has 1 aromatic rings. The Kier molecular flexibility index (Phi) is 5.07. The summed E-state index contributed by atoms with van der Waals surface area (Å²) in [5.74, 6) is -1.26. The minimum Gasteiger partial charge on any atom is -0.395 e. The summed E-state index contributed by atoms with van der Waals surface area (Å²) in [4.78, 5) is 11.3. The Labute approximate surface area is 94.9 Å². The number of aliphatic hydroxyl groups is 1. The second kappa shape index (κ2) is 6.34. The Hall–Kier alpha value is -1.27. The van der Waals surface area contributed by atoms with Crippen molar-refractivity contribution in [1.82, 2.24) is 0 Å². The number of rotatable bonds is 5. The number of nitrogens with one attached hydrogen (secondary N) is 1. The quantitative estimate of drug-likeness (QED) is 0.794. The molecule has 1 unspecified atom stereocenters. The van der Waals surface area contributed by atoms with Gasteiger partial charge in [0.15, 0.2) is 0 Å². The van der Waals surface area contributed by atoms with Crippen LogP contribution in [0.5, 0.6) is 0 Å². The van der Waals surface area contributed by atoms with Gasteiger partial charge < -0.3 is 10.4 Å². The van der Waals surface area contributed by atoms with Crippen LogP contribution in [0.25, 0.3) is 0 Å². The van der Waals surface area contributed by atoms with Crippen LogP contribution in [0.4, 0.5) is 10.1 Å². The van der Waals surface area contributed by atoms with Crippen LogP contribution in [-0.4, -0.2) is 33.3 Å². The standard InChI is InChI=1S/C10H12FNO3S/c11-8-3-1-2-4-9(8)12-10(14)7-16(15)6-5-13/h1-4,13H,5-7H2,(H,12,14). The van der Waals surface area contributed by atoms with Crippen molar-refractivity contribution in [3.63, 3.8) is 0 Å². The van der Waals surface area contributed by atoms with E-state index in [1.54, 1.807) is 6.07 Å². The molecule has 1 amide bonds. The van der Waals surface area contributed by atoms with Gasteiger partial charge in [-0.2, -0.15) is 0 Å². The first-order chi connectivity index (χ1) is 7.63. The first-order valence-electron chi connectivity index (χ1n) is 4.63. The van der Waals surface area contributed by atoms with E-state index in [2.05, 4.69) is 5.32 Å². The Morgan fingerprint density at radius 2 is 2.12 bits per heavy atom. The molecule has 0 fully saturated rings. The van der Waals surface area contributed by atoms with Crippen molar-refractivity contribution in [3.05, 3.63) is 30.1 Å². The fraction of sp³-hybridized carbons (Fsp3) is 0.300. The summed E-state index contributed by atoms with van der Waals surface area (Å²) in [5.41, 5.74) is 0.0634. The van der Waals surface area contributed by atoms with Crippen molar-refractivity contribution < 1.29 is 18.5 Å². The molecule has 0 bridgehead atoms. The zero-order valence-corrected chi connectivity index (χ0v) is 9.30. The summed E-state index contributed by atoms with van der Waals surface area (Å²) in [6, 6.07) is 5.74.